The van der Waals surface area contributed by atoms with E-state index in [0.29, 0.717) is 6.42 Å². The smallest absolute Gasteiger partial charge is 0.0414 e. The van der Waals surface area contributed by atoms with Crippen molar-refractivity contribution in [1.29, 1.82) is 0 Å². The molecule has 0 saturated heterocycles. The van der Waals surface area contributed by atoms with Crippen LogP contribution in [0.3, 0.4) is 0 Å². The zero-order chi connectivity index (χ0) is 7.70. The Morgan fingerprint density at radius 3 is 1.89 bits per heavy atom. The summed E-state index contributed by atoms with van der Waals surface area (Å²) >= 11 is 0. The number of carbonyl (C=O) groups excluding carboxylic acids is 1. The van der Waals surface area contributed by atoms with Crippen LogP contribution in [0, 0.1) is 0 Å². The SMILES string of the molecule is CCCC(=O)[O-].CCO. The van der Waals surface area contributed by atoms with Gasteiger partial charge in [0, 0.05) is 12.6 Å². The molecular weight excluding hydrogens is 120 g/mol. The molecule has 0 rings (SSSR count). The van der Waals surface area contributed by atoms with Gasteiger partial charge < -0.3 is 15.0 Å². The summed E-state index contributed by atoms with van der Waals surface area (Å²) in [5, 5.41) is 17.1. The molecule has 9 heavy (non-hydrogen) atoms. The Labute approximate surface area is 55.3 Å². The van der Waals surface area contributed by atoms with Gasteiger partial charge in [-0.1, -0.05) is 13.3 Å². The second kappa shape index (κ2) is 10.4. The molecule has 0 unspecified atom stereocenters. The summed E-state index contributed by atoms with van der Waals surface area (Å²) in [6, 6.07) is 0. The van der Waals surface area contributed by atoms with E-state index < -0.39 is 5.97 Å². The zero-order valence-corrected chi connectivity index (χ0v) is 5.89. The predicted molar refractivity (Wildman–Crippen MR) is 32.7 cm³/mol. The second-order valence-corrected chi connectivity index (χ2v) is 1.44. The normalized spacial score (nSPS) is 7.44. The van der Waals surface area contributed by atoms with Gasteiger partial charge in [0.1, 0.15) is 0 Å². The first-order valence-electron chi connectivity index (χ1n) is 2.99. The van der Waals surface area contributed by atoms with Crippen molar-refractivity contribution in [1.82, 2.24) is 0 Å². The standard InChI is InChI=1S/C4H8O2.C2H6O/c1-2-3-4(5)6;1-2-3/h2-3H2,1H3,(H,5,6);3H,2H2,1H3/p-1. The molecule has 0 atom stereocenters. The third kappa shape index (κ3) is 37.1. The lowest BCUT2D eigenvalue weighted by molar-refractivity contribution is -0.305. The molecule has 0 aromatic carbocycles. The molecular formula is C6H13O3-. The van der Waals surface area contributed by atoms with Gasteiger partial charge in [-0.05, 0) is 13.3 Å². The van der Waals surface area contributed by atoms with Crippen LogP contribution in [0.15, 0.2) is 0 Å². The number of carboxylic acids is 1. The van der Waals surface area contributed by atoms with Crippen molar-refractivity contribution in [3.05, 3.63) is 0 Å². The second-order valence-electron chi connectivity index (χ2n) is 1.44. The molecule has 0 amide bonds. The number of hydrogen-bond donors (Lipinski definition) is 1. The molecule has 56 valence electrons. The third-order valence-electron chi connectivity index (χ3n) is 0.454. The summed E-state index contributed by atoms with van der Waals surface area (Å²) in [5.74, 6) is -0.961. The maximum atomic E-state index is 9.49. The third-order valence-corrected chi connectivity index (χ3v) is 0.454. The van der Waals surface area contributed by atoms with Crippen molar-refractivity contribution in [2.24, 2.45) is 0 Å². The van der Waals surface area contributed by atoms with Crippen LogP contribution in [0.2, 0.25) is 0 Å². The molecule has 0 aromatic rings. The molecule has 0 bridgehead atoms. The lowest BCUT2D eigenvalue weighted by Crippen LogP contribution is -2.20. The number of carboxylic acid groups (broad SMARTS) is 1. The van der Waals surface area contributed by atoms with Crippen LogP contribution in [0.5, 0.6) is 0 Å². The molecule has 0 aromatic heterocycles. The molecule has 0 aliphatic heterocycles. The molecule has 0 aliphatic rings. The molecule has 3 heteroatoms. The first-order valence-corrected chi connectivity index (χ1v) is 2.99. The van der Waals surface area contributed by atoms with Crippen LogP contribution >= 0.6 is 0 Å². The Morgan fingerprint density at radius 1 is 1.56 bits per heavy atom. The average Bonchev–Trinajstić information content (AvgIpc) is 1.67. The van der Waals surface area contributed by atoms with Gasteiger partial charge >= 0.3 is 0 Å². The van der Waals surface area contributed by atoms with Gasteiger partial charge in [0.15, 0.2) is 0 Å². The number of aliphatic carboxylic acids is 1. The highest BCUT2D eigenvalue weighted by Crippen LogP contribution is 1.79. The number of aliphatic hydroxyl groups excluding tert-OH is 1. The Kier molecular flexibility index (Phi) is 13.0. The van der Waals surface area contributed by atoms with E-state index in [0.717, 1.165) is 0 Å². The minimum absolute atomic E-state index is 0.181. The Hall–Kier alpha value is -0.570. The van der Waals surface area contributed by atoms with Gasteiger partial charge in [-0.25, -0.2) is 0 Å². The monoisotopic (exact) mass is 133 g/mol. The minimum atomic E-state index is -0.961. The van der Waals surface area contributed by atoms with Crippen LogP contribution in [-0.2, 0) is 4.79 Å². The van der Waals surface area contributed by atoms with E-state index in [9.17, 15) is 9.90 Å². The number of hydrogen-bond acceptors (Lipinski definition) is 3. The van der Waals surface area contributed by atoms with Crippen molar-refractivity contribution >= 4 is 5.97 Å². The first-order chi connectivity index (χ1) is 4.18. The summed E-state index contributed by atoms with van der Waals surface area (Å²) in [6.45, 7) is 3.73. The molecule has 0 radical (unpaired) electrons. The fraction of sp³-hybridized carbons (Fsp3) is 0.833. The van der Waals surface area contributed by atoms with Gasteiger partial charge in [-0.15, -0.1) is 0 Å². The Balaban J connectivity index is 0. The average molecular weight is 133 g/mol. The fourth-order valence-electron chi connectivity index (χ4n) is 0.204. The highest BCUT2D eigenvalue weighted by molar-refractivity contribution is 5.63. The van der Waals surface area contributed by atoms with E-state index in [1.54, 1.807) is 13.8 Å². The van der Waals surface area contributed by atoms with Crippen molar-refractivity contribution < 1.29 is 15.0 Å². The maximum absolute atomic E-state index is 9.49. The predicted octanol–water partition coefficient (Wildman–Crippen LogP) is -0.465. The van der Waals surface area contributed by atoms with Crippen LogP contribution in [0.25, 0.3) is 0 Å². The topological polar surface area (TPSA) is 60.4 Å². The highest BCUT2D eigenvalue weighted by atomic mass is 16.4. The van der Waals surface area contributed by atoms with E-state index in [-0.39, 0.29) is 13.0 Å². The number of aliphatic hydroxyl groups is 1. The first kappa shape index (κ1) is 11.3. The zero-order valence-electron chi connectivity index (χ0n) is 5.89. The van der Waals surface area contributed by atoms with Crippen LogP contribution in [-0.4, -0.2) is 17.7 Å². The van der Waals surface area contributed by atoms with Gasteiger partial charge in [0.2, 0.25) is 0 Å². The van der Waals surface area contributed by atoms with E-state index in [2.05, 4.69) is 0 Å². The summed E-state index contributed by atoms with van der Waals surface area (Å²) in [4.78, 5) is 9.49. The molecule has 3 nitrogen and oxygen atoms in total. The van der Waals surface area contributed by atoms with Crippen molar-refractivity contribution in [2.75, 3.05) is 6.61 Å². The van der Waals surface area contributed by atoms with E-state index >= 15 is 0 Å². The van der Waals surface area contributed by atoms with Crippen LogP contribution < -0.4 is 5.11 Å². The summed E-state index contributed by atoms with van der Waals surface area (Å²) in [7, 11) is 0. The van der Waals surface area contributed by atoms with Gasteiger partial charge in [-0.3, -0.25) is 0 Å². The Morgan fingerprint density at radius 2 is 1.89 bits per heavy atom. The van der Waals surface area contributed by atoms with Crippen molar-refractivity contribution in [3.8, 4) is 0 Å². The molecule has 0 saturated carbocycles. The largest absolute Gasteiger partial charge is 0.550 e. The summed E-state index contributed by atoms with van der Waals surface area (Å²) in [5.41, 5.74) is 0. The molecule has 0 heterocycles. The quantitative estimate of drug-likeness (QED) is 0.554. The van der Waals surface area contributed by atoms with Gasteiger partial charge in [-0.2, -0.15) is 0 Å². The Bertz CT molecular complexity index is 61.3. The number of carbonyl (C=O) groups is 1. The van der Waals surface area contributed by atoms with E-state index in [1.165, 1.54) is 0 Å². The maximum Gasteiger partial charge on any atom is 0.0414 e. The van der Waals surface area contributed by atoms with Crippen molar-refractivity contribution in [2.45, 2.75) is 26.7 Å². The minimum Gasteiger partial charge on any atom is -0.550 e. The van der Waals surface area contributed by atoms with Gasteiger partial charge in [0.05, 0.1) is 0 Å². The summed E-state index contributed by atoms with van der Waals surface area (Å²) in [6.07, 6.45) is 0.850. The van der Waals surface area contributed by atoms with Crippen molar-refractivity contribution in [3.63, 3.8) is 0 Å². The lowest BCUT2D eigenvalue weighted by Gasteiger charge is -1.92. The molecule has 0 fully saturated rings. The van der Waals surface area contributed by atoms with Crippen LogP contribution in [0.1, 0.15) is 26.7 Å². The number of rotatable bonds is 2. The van der Waals surface area contributed by atoms with E-state index in [4.69, 9.17) is 5.11 Å². The van der Waals surface area contributed by atoms with E-state index in [1.807, 2.05) is 0 Å². The van der Waals surface area contributed by atoms with Crippen LogP contribution in [0.4, 0.5) is 0 Å². The summed E-state index contributed by atoms with van der Waals surface area (Å²) < 4.78 is 0. The lowest BCUT2D eigenvalue weighted by atomic mass is 10.4. The van der Waals surface area contributed by atoms with Gasteiger partial charge in [0.25, 0.3) is 0 Å². The molecule has 0 aliphatic carbocycles. The highest BCUT2D eigenvalue weighted by Gasteiger charge is 1.75. The molecule has 1 N–H and O–H groups in total. The fourth-order valence-corrected chi connectivity index (χ4v) is 0.204. The molecule has 0 spiro atoms.